The van der Waals surface area contributed by atoms with Crippen LogP contribution >= 0.6 is 10.9 Å². The Morgan fingerprint density at radius 1 is 0.545 bits per heavy atom. The van der Waals surface area contributed by atoms with Crippen LogP contribution in [-0.2, 0) is 0 Å². The van der Waals surface area contributed by atoms with E-state index in [0.29, 0.717) is 0 Å². The van der Waals surface area contributed by atoms with Crippen molar-refractivity contribution < 1.29 is 8.78 Å². The van der Waals surface area contributed by atoms with Crippen LogP contribution in [-0.4, -0.2) is 0 Å². The zero-order valence-electron chi connectivity index (χ0n) is 12.1. The van der Waals surface area contributed by atoms with E-state index in [0.717, 1.165) is 9.79 Å². The monoisotopic (exact) mass is 314 g/mol. The van der Waals surface area contributed by atoms with Crippen LogP contribution in [0.2, 0.25) is 0 Å². The van der Waals surface area contributed by atoms with E-state index in [4.69, 9.17) is 0 Å². The van der Waals surface area contributed by atoms with Gasteiger partial charge in [-0.3, -0.25) is 0 Å². The predicted molar refractivity (Wildman–Crippen MR) is 87.8 cm³/mol. The van der Waals surface area contributed by atoms with Gasteiger partial charge in [0.15, 0.2) is 0 Å². The van der Waals surface area contributed by atoms with Crippen molar-refractivity contribution in [2.45, 2.75) is 21.6 Å². The third-order valence-electron chi connectivity index (χ3n) is 3.46. The highest BCUT2D eigenvalue weighted by Crippen LogP contribution is 2.51. The summed E-state index contributed by atoms with van der Waals surface area (Å²) in [7, 11) is -0.816. The van der Waals surface area contributed by atoms with E-state index in [-0.39, 0.29) is 11.6 Å². The van der Waals surface area contributed by atoms with E-state index >= 15 is 0 Å². The van der Waals surface area contributed by atoms with Crippen LogP contribution in [0.25, 0.3) is 0 Å². The predicted octanol–water partition coefficient (Wildman–Crippen LogP) is 5.75. The second kappa shape index (κ2) is 6.32. The van der Waals surface area contributed by atoms with E-state index in [1.165, 1.54) is 34.7 Å². The summed E-state index contributed by atoms with van der Waals surface area (Å²) >= 11 is 0. The molecule has 0 N–H and O–H groups in total. The van der Waals surface area contributed by atoms with Crippen molar-refractivity contribution >= 4 is 10.9 Å². The normalized spacial score (nSPS) is 11.3. The minimum atomic E-state index is -0.816. The second-order valence-electron chi connectivity index (χ2n) is 5.12. The molecule has 112 valence electrons. The molecule has 0 amide bonds. The van der Waals surface area contributed by atoms with Gasteiger partial charge in [0.2, 0.25) is 0 Å². The van der Waals surface area contributed by atoms with Gasteiger partial charge in [0.25, 0.3) is 0 Å². The molecule has 0 saturated heterocycles. The van der Waals surface area contributed by atoms with Crippen molar-refractivity contribution in [2.75, 3.05) is 0 Å². The van der Waals surface area contributed by atoms with E-state index in [9.17, 15) is 8.78 Å². The quantitative estimate of drug-likeness (QED) is 0.585. The van der Waals surface area contributed by atoms with Crippen molar-refractivity contribution in [2.24, 2.45) is 0 Å². The molecule has 0 aliphatic rings. The van der Waals surface area contributed by atoms with Crippen molar-refractivity contribution in [1.29, 1.82) is 0 Å². The van der Waals surface area contributed by atoms with E-state index in [1.54, 1.807) is 0 Å². The number of benzene rings is 3. The van der Waals surface area contributed by atoms with Gasteiger partial charge in [-0.05, 0) is 82.3 Å². The van der Waals surface area contributed by atoms with E-state index in [2.05, 4.69) is 24.3 Å². The van der Waals surface area contributed by atoms with Crippen LogP contribution in [0.4, 0.5) is 8.78 Å². The van der Waals surface area contributed by atoms with Gasteiger partial charge in [-0.2, -0.15) is 10.9 Å². The Morgan fingerprint density at radius 2 is 0.864 bits per heavy atom. The number of aryl methyl sites for hydroxylation is 1. The average molecular weight is 314 g/mol. The number of rotatable bonds is 3. The molecule has 3 aromatic carbocycles. The standard InChI is InChI=1S/C19H16F2S/c1-14-2-8-17(9-3-14)22(18-10-4-15(20)5-11-18)19-12-6-16(21)7-13-19/h2-13,22H,1H3. The van der Waals surface area contributed by atoms with Crippen LogP contribution in [0, 0.1) is 18.6 Å². The number of hydrogen-bond donors (Lipinski definition) is 1. The summed E-state index contributed by atoms with van der Waals surface area (Å²) in [6.45, 7) is 2.04. The molecular formula is C19H16F2S. The lowest BCUT2D eigenvalue weighted by molar-refractivity contribution is 0.626. The van der Waals surface area contributed by atoms with Gasteiger partial charge in [0.05, 0.1) is 0 Å². The summed E-state index contributed by atoms with van der Waals surface area (Å²) in [6.07, 6.45) is 0. The maximum absolute atomic E-state index is 13.2. The Morgan fingerprint density at radius 3 is 1.23 bits per heavy atom. The van der Waals surface area contributed by atoms with Crippen molar-refractivity contribution in [3.8, 4) is 0 Å². The second-order valence-corrected chi connectivity index (χ2v) is 7.34. The van der Waals surface area contributed by atoms with E-state index in [1.807, 2.05) is 31.2 Å². The molecule has 0 heterocycles. The summed E-state index contributed by atoms with van der Waals surface area (Å²) in [5.41, 5.74) is 1.19. The zero-order valence-corrected chi connectivity index (χ0v) is 13.0. The molecule has 0 aromatic heterocycles. The number of thiol groups is 1. The smallest absolute Gasteiger partial charge is 0.123 e. The largest absolute Gasteiger partial charge is 0.207 e. The highest BCUT2D eigenvalue weighted by Gasteiger charge is 2.13. The molecule has 3 heteroatoms. The molecule has 0 aliphatic heterocycles. The summed E-state index contributed by atoms with van der Waals surface area (Å²) in [5.74, 6) is -0.497. The van der Waals surface area contributed by atoms with Gasteiger partial charge in [-0.1, -0.05) is 17.7 Å². The first kappa shape index (κ1) is 14.8. The third kappa shape index (κ3) is 3.20. The lowest BCUT2D eigenvalue weighted by atomic mass is 10.2. The highest BCUT2D eigenvalue weighted by molar-refractivity contribution is 8.17. The van der Waals surface area contributed by atoms with Crippen LogP contribution in [0.5, 0.6) is 0 Å². The fraction of sp³-hybridized carbons (Fsp3) is 0.0526. The van der Waals surface area contributed by atoms with Crippen LogP contribution in [0.1, 0.15) is 5.56 Å². The molecule has 0 radical (unpaired) electrons. The van der Waals surface area contributed by atoms with Crippen LogP contribution < -0.4 is 0 Å². The molecule has 0 saturated carbocycles. The molecule has 22 heavy (non-hydrogen) atoms. The van der Waals surface area contributed by atoms with Gasteiger partial charge in [0.1, 0.15) is 11.6 Å². The Balaban J connectivity index is 2.10. The highest BCUT2D eigenvalue weighted by atomic mass is 32.2. The number of halogens is 2. The molecule has 0 nitrogen and oxygen atoms in total. The van der Waals surface area contributed by atoms with Gasteiger partial charge in [0, 0.05) is 0 Å². The molecule has 0 spiro atoms. The lowest BCUT2D eigenvalue weighted by Crippen LogP contribution is -1.89. The summed E-state index contributed by atoms with van der Waals surface area (Å²) in [4.78, 5) is 3.26. The molecule has 0 bridgehead atoms. The molecule has 0 aliphatic carbocycles. The third-order valence-corrected chi connectivity index (χ3v) is 5.91. The Hall–Kier alpha value is -2.13. The Labute approximate surface area is 131 Å². The SMILES string of the molecule is Cc1ccc([SH](c2ccc(F)cc2)c2ccc(F)cc2)cc1. The summed E-state index contributed by atoms with van der Waals surface area (Å²) in [6, 6.07) is 21.5. The molecule has 3 aromatic rings. The topological polar surface area (TPSA) is 0 Å². The van der Waals surface area contributed by atoms with Crippen LogP contribution in [0.3, 0.4) is 0 Å². The average Bonchev–Trinajstić information content (AvgIpc) is 2.53. The molecular weight excluding hydrogens is 298 g/mol. The minimum Gasteiger partial charge on any atom is -0.207 e. The van der Waals surface area contributed by atoms with Crippen molar-refractivity contribution in [1.82, 2.24) is 0 Å². The lowest BCUT2D eigenvalue weighted by Gasteiger charge is -2.23. The fourth-order valence-electron chi connectivity index (χ4n) is 2.32. The molecule has 0 fully saturated rings. The van der Waals surface area contributed by atoms with Crippen molar-refractivity contribution in [3.63, 3.8) is 0 Å². The first-order chi connectivity index (χ1) is 10.6. The first-order valence-electron chi connectivity index (χ1n) is 7.01. The van der Waals surface area contributed by atoms with Crippen LogP contribution in [0.15, 0.2) is 87.5 Å². The molecule has 3 rings (SSSR count). The fourth-order valence-corrected chi connectivity index (χ4v) is 4.56. The van der Waals surface area contributed by atoms with E-state index < -0.39 is 10.9 Å². The maximum atomic E-state index is 13.2. The zero-order chi connectivity index (χ0) is 15.5. The molecule has 0 unspecified atom stereocenters. The van der Waals surface area contributed by atoms with Gasteiger partial charge >= 0.3 is 0 Å². The summed E-state index contributed by atoms with van der Waals surface area (Å²) in [5, 5.41) is 0. The number of hydrogen-bond acceptors (Lipinski definition) is 0. The maximum Gasteiger partial charge on any atom is 0.123 e. The Kier molecular flexibility index (Phi) is 4.25. The minimum absolute atomic E-state index is 0.248. The summed E-state index contributed by atoms with van der Waals surface area (Å²) < 4.78 is 26.4. The van der Waals surface area contributed by atoms with Crippen molar-refractivity contribution in [3.05, 3.63) is 90.0 Å². The van der Waals surface area contributed by atoms with Gasteiger partial charge < -0.3 is 0 Å². The van der Waals surface area contributed by atoms with Gasteiger partial charge in [-0.25, -0.2) is 8.78 Å². The first-order valence-corrected chi connectivity index (χ1v) is 8.35. The van der Waals surface area contributed by atoms with Gasteiger partial charge in [-0.15, -0.1) is 0 Å². The Bertz CT molecular complexity index is 639. The molecule has 0 atom stereocenters.